The van der Waals surface area contributed by atoms with Crippen molar-refractivity contribution in [2.45, 2.75) is 44.6 Å². The maximum absolute atomic E-state index is 10.5. The summed E-state index contributed by atoms with van der Waals surface area (Å²) in [5, 5.41) is 16.6. The quantitative estimate of drug-likeness (QED) is 0.726. The first-order valence-corrected chi connectivity index (χ1v) is 7.15. The van der Waals surface area contributed by atoms with Crippen molar-refractivity contribution in [3.05, 3.63) is 0 Å². The van der Waals surface area contributed by atoms with E-state index in [-0.39, 0.29) is 6.01 Å². The summed E-state index contributed by atoms with van der Waals surface area (Å²) >= 11 is 0. The van der Waals surface area contributed by atoms with Crippen molar-refractivity contribution in [2.75, 3.05) is 30.8 Å². The summed E-state index contributed by atoms with van der Waals surface area (Å²) in [6, 6.07) is 0.258. The number of rotatable bonds is 6. The third-order valence-corrected chi connectivity index (χ3v) is 3.49. The Balaban J connectivity index is 2.02. The number of anilines is 2. The zero-order chi connectivity index (χ0) is 14.4. The fourth-order valence-electron chi connectivity index (χ4n) is 2.39. The number of nitrogens with zero attached hydrogens (tertiary/aromatic N) is 3. The Bertz CT molecular complexity index is 435. The molecule has 0 atom stereocenters. The maximum Gasteiger partial charge on any atom is 0.322 e. The molecule has 1 aliphatic rings. The predicted molar refractivity (Wildman–Crippen MR) is 77.1 cm³/mol. The van der Waals surface area contributed by atoms with E-state index in [9.17, 15) is 5.11 Å². The summed E-state index contributed by atoms with van der Waals surface area (Å²) in [5.41, 5.74) is -0.656. The van der Waals surface area contributed by atoms with Gasteiger partial charge in [-0.05, 0) is 19.8 Å². The van der Waals surface area contributed by atoms with Gasteiger partial charge in [-0.15, -0.1) is 0 Å². The van der Waals surface area contributed by atoms with Gasteiger partial charge >= 0.3 is 6.01 Å². The number of methoxy groups -OCH3 is 1. The van der Waals surface area contributed by atoms with E-state index in [1.54, 1.807) is 0 Å². The molecular weight excluding hydrogens is 258 g/mol. The van der Waals surface area contributed by atoms with Crippen LogP contribution in [0.5, 0.6) is 6.01 Å². The molecule has 0 amide bonds. The van der Waals surface area contributed by atoms with E-state index < -0.39 is 5.60 Å². The normalized spacial score (nSPS) is 17.6. The topological polar surface area (TPSA) is 92.2 Å². The van der Waals surface area contributed by atoms with Crippen molar-refractivity contribution in [3.63, 3.8) is 0 Å². The van der Waals surface area contributed by atoms with E-state index in [0.29, 0.717) is 18.4 Å². The number of aliphatic hydroxyl groups is 1. The summed E-state index contributed by atoms with van der Waals surface area (Å²) in [6.45, 7) is 3.14. The molecule has 1 aliphatic carbocycles. The lowest BCUT2D eigenvalue weighted by Gasteiger charge is -2.32. The van der Waals surface area contributed by atoms with Crippen LogP contribution >= 0.6 is 0 Å². The molecule has 1 fully saturated rings. The Morgan fingerprint density at radius 1 is 1.10 bits per heavy atom. The van der Waals surface area contributed by atoms with Crippen LogP contribution in [0.3, 0.4) is 0 Å². The van der Waals surface area contributed by atoms with Crippen molar-refractivity contribution in [1.82, 2.24) is 15.0 Å². The molecule has 0 radical (unpaired) electrons. The van der Waals surface area contributed by atoms with Gasteiger partial charge in [0.2, 0.25) is 11.9 Å². The van der Waals surface area contributed by atoms with Gasteiger partial charge in [-0.2, -0.15) is 15.0 Å². The summed E-state index contributed by atoms with van der Waals surface area (Å²) in [5.74, 6) is 0.893. The maximum atomic E-state index is 10.5. The van der Waals surface area contributed by atoms with Crippen LogP contribution in [0.2, 0.25) is 0 Å². The molecule has 0 aliphatic heterocycles. The summed E-state index contributed by atoms with van der Waals surface area (Å²) < 4.78 is 5.05. The van der Waals surface area contributed by atoms with E-state index in [2.05, 4.69) is 25.6 Å². The SMILES string of the molecule is CCNc1nc(NCC2(O)CCCCC2)nc(OC)n1. The number of hydrogen-bond donors (Lipinski definition) is 3. The molecule has 1 saturated carbocycles. The summed E-state index contributed by atoms with van der Waals surface area (Å²) in [6.07, 6.45) is 4.99. The highest BCUT2D eigenvalue weighted by atomic mass is 16.5. The highest BCUT2D eigenvalue weighted by Gasteiger charge is 2.29. The Morgan fingerprint density at radius 3 is 2.35 bits per heavy atom. The van der Waals surface area contributed by atoms with Crippen LogP contribution in [0, 0.1) is 0 Å². The van der Waals surface area contributed by atoms with E-state index >= 15 is 0 Å². The molecule has 2 rings (SSSR count). The van der Waals surface area contributed by atoms with Gasteiger partial charge < -0.3 is 20.5 Å². The third-order valence-electron chi connectivity index (χ3n) is 3.49. The number of aromatic nitrogens is 3. The van der Waals surface area contributed by atoms with Crippen molar-refractivity contribution in [1.29, 1.82) is 0 Å². The molecule has 0 saturated heterocycles. The van der Waals surface area contributed by atoms with Gasteiger partial charge in [-0.1, -0.05) is 19.3 Å². The summed E-state index contributed by atoms with van der Waals surface area (Å²) in [7, 11) is 1.52. The highest BCUT2D eigenvalue weighted by Crippen LogP contribution is 2.28. The Morgan fingerprint density at radius 2 is 1.75 bits per heavy atom. The second kappa shape index (κ2) is 6.69. The molecule has 1 aromatic heterocycles. The minimum Gasteiger partial charge on any atom is -0.467 e. The number of ether oxygens (including phenoxy) is 1. The average Bonchev–Trinajstić information content (AvgIpc) is 2.46. The van der Waals surface area contributed by atoms with Crippen molar-refractivity contribution in [2.24, 2.45) is 0 Å². The number of nitrogens with one attached hydrogen (secondary N) is 2. The minimum atomic E-state index is -0.656. The number of hydrogen-bond acceptors (Lipinski definition) is 7. The van der Waals surface area contributed by atoms with Gasteiger partial charge in [0.15, 0.2) is 0 Å². The largest absolute Gasteiger partial charge is 0.467 e. The second-order valence-electron chi connectivity index (χ2n) is 5.14. The van der Waals surface area contributed by atoms with Gasteiger partial charge in [0.25, 0.3) is 0 Å². The lowest BCUT2D eigenvalue weighted by Crippen LogP contribution is -2.39. The predicted octanol–water partition coefficient (Wildman–Crippen LogP) is 1.42. The van der Waals surface area contributed by atoms with Crippen LogP contribution in [0.4, 0.5) is 11.9 Å². The molecule has 1 heterocycles. The first-order chi connectivity index (χ1) is 9.65. The molecule has 3 N–H and O–H groups in total. The fourth-order valence-corrected chi connectivity index (χ4v) is 2.39. The Kier molecular flexibility index (Phi) is 4.94. The molecule has 20 heavy (non-hydrogen) atoms. The Labute approximate surface area is 119 Å². The van der Waals surface area contributed by atoms with Crippen LogP contribution in [-0.2, 0) is 0 Å². The van der Waals surface area contributed by atoms with Crippen LogP contribution in [-0.4, -0.2) is 45.9 Å². The van der Waals surface area contributed by atoms with Crippen molar-refractivity contribution >= 4 is 11.9 Å². The van der Waals surface area contributed by atoms with Crippen LogP contribution < -0.4 is 15.4 Å². The van der Waals surface area contributed by atoms with Gasteiger partial charge in [0, 0.05) is 13.1 Å². The third kappa shape index (κ3) is 3.93. The smallest absolute Gasteiger partial charge is 0.322 e. The molecule has 0 spiro atoms. The molecule has 0 aromatic carbocycles. The lowest BCUT2D eigenvalue weighted by atomic mass is 9.85. The fraction of sp³-hybridized carbons (Fsp3) is 0.769. The Hall–Kier alpha value is -1.63. The first-order valence-electron chi connectivity index (χ1n) is 7.15. The van der Waals surface area contributed by atoms with Crippen molar-refractivity contribution in [3.8, 4) is 6.01 Å². The zero-order valence-electron chi connectivity index (χ0n) is 12.1. The molecule has 0 unspecified atom stereocenters. The van der Waals surface area contributed by atoms with Gasteiger partial charge in [0.1, 0.15) is 0 Å². The monoisotopic (exact) mass is 281 g/mol. The highest BCUT2D eigenvalue weighted by molar-refractivity contribution is 5.36. The van der Waals surface area contributed by atoms with E-state index in [4.69, 9.17) is 4.74 Å². The summed E-state index contributed by atoms with van der Waals surface area (Å²) in [4.78, 5) is 12.5. The van der Waals surface area contributed by atoms with Crippen LogP contribution in [0.15, 0.2) is 0 Å². The molecule has 0 bridgehead atoms. The molecule has 112 valence electrons. The van der Waals surface area contributed by atoms with E-state index in [1.807, 2.05) is 6.92 Å². The van der Waals surface area contributed by atoms with Crippen molar-refractivity contribution < 1.29 is 9.84 Å². The standard InChI is InChI=1S/C13H23N5O2/c1-3-14-10-16-11(18-12(17-10)20-2)15-9-13(19)7-5-4-6-8-13/h19H,3-9H2,1-2H3,(H2,14,15,16,17,18). The minimum absolute atomic E-state index is 0.258. The lowest BCUT2D eigenvalue weighted by molar-refractivity contribution is 0.0165. The van der Waals surface area contributed by atoms with E-state index in [0.717, 1.165) is 32.2 Å². The molecule has 7 nitrogen and oxygen atoms in total. The van der Waals surface area contributed by atoms with E-state index in [1.165, 1.54) is 13.5 Å². The first kappa shape index (κ1) is 14.8. The van der Waals surface area contributed by atoms with Gasteiger partial charge in [-0.25, -0.2) is 0 Å². The van der Waals surface area contributed by atoms with Crippen LogP contribution in [0.1, 0.15) is 39.0 Å². The van der Waals surface area contributed by atoms with Gasteiger partial charge in [-0.3, -0.25) is 0 Å². The van der Waals surface area contributed by atoms with Crippen LogP contribution in [0.25, 0.3) is 0 Å². The molecule has 7 heteroatoms. The zero-order valence-corrected chi connectivity index (χ0v) is 12.1. The molecular formula is C13H23N5O2. The van der Waals surface area contributed by atoms with Gasteiger partial charge in [0.05, 0.1) is 12.7 Å². The second-order valence-corrected chi connectivity index (χ2v) is 5.14. The molecule has 1 aromatic rings. The average molecular weight is 281 g/mol.